The normalized spacial score (nSPS) is 19.8. The maximum atomic E-state index is 12.3. The van der Waals surface area contributed by atoms with Crippen molar-refractivity contribution in [3.63, 3.8) is 0 Å². The van der Waals surface area contributed by atoms with Gasteiger partial charge in [0.05, 0.1) is 12.2 Å². The summed E-state index contributed by atoms with van der Waals surface area (Å²) in [4.78, 5) is 14.2. The first-order chi connectivity index (χ1) is 8.98. The Morgan fingerprint density at radius 1 is 1.37 bits per heavy atom. The highest BCUT2D eigenvalue weighted by Crippen LogP contribution is 2.18. The predicted molar refractivity (Wildman–Crippen MR) is 73.1 cm³/mol. The SMILES string of the molecule is CC(Oc1ccccc1)C(=O)N1CCOC(C)(C)C1. The van der Waals surface area contributed by atoms with Crippen LogP contribution in [-0.4, -0.2) is 42.2 Å². The first-order valence-electron chi connectivity index (χ1n) is 6.62. The lowest BCUT2D eigenvalue weighted by atomic mass is 10.1. The summed E-state index contributed by atoms with van der Waals surface area (Å²) in [6, 6.07) is 9.42. The van der Waals surface area contributed by atoms with Crippen LogP contribution in [-0.2, 0) is 9.53 Å². The molecule has 0 saturated carbocycles. The molecule has 2 rings (SSSR count). The number of benzene rings is 1. The summed E-state index contributed by atoms with van der Waals surface area (Å²) < 4.78 is 11.3. The molecule has 1 heterocycles. The Morgan fingerprint density at radius 3 is 2.68 bits per heavy atom. The molecular weight excluding hydrogens is 242 g/mol. The van der Waals surface area contributed by atoms with Crippen LogP contribution in [0.2, 0.25) is 0 Å². The molecule has 1 aliphatic heterocycles. The number of carbonyl (C=O) groups excluding carboxylic acids is 1. The third-order valence-electron chi connectivity index (χ3n) is 3.14. The van der Waals surface area contributed by atoms with E-state index in [2.05, 4.69) is 0 Å². The van der Waals surface area contributed by atoms with E-state index < -0.39 is 6.10 Å². The molecule has 1 fully saturated rings. The minimum absolute atomic E-state index is 0.0141. The van der Waals surface area contributed by atoms with Crippen LogP contribution in [0.4, 0.5) is 0 Å². The van der Waals surface area contributed by atoms with Gasteiger partial charge in [-0.1, -0.05) is 18.2 Å². The van der Waals surface area contributed by atoms with Gasteiger partial charge in [0.1, 0.15) is 5.75 Å². The number of ether oxygens (including phenoxy) is 2. The molecule has 1 aromatic rings. The van der Waals surface area contributed by atoms with Crippen molar-refractivity contribution in [1.82, 2.24) is 4.90 Å². The zero-order valence-corrected chi connectivity index (χ0v) is 11.8. The lowest BCUT2D eigenvalue weighted by molar-refractivity contribution is -0.152. The molecular formula is C15H21NO3. The van der Waals surface area contributed by atoms with Crippen LogP contribution in [0.3, 0.4) is 0 Å². The first-order valence-corrected chi connectivity index (χ1v) is 6.62. The van der Waals surface area contributed by atoms with Crippen molar-refractivity contribution in [2.45, 2.75) is 32.5 Å². The van der Waals surface area contributed by atoms with E-state index in [0.717, 1.165) is 5.75 Å². The number of para-hydroxylation sites is 1. The molecule has 0 aliphatic carbocycles. The molecule has 0 spiro atoms. The number of hydrogen-bond donors (Lipinski definition) is 0. The molecule has 1 unspecified atom stereocenters. The first kappa shape index (κ1) is 13.9. The average molecular weight is 263 g/mol. The highest BCUT2D eigenvalue weighted by molar-refractivity contribution is 5.81. The Bertz CT molecular complexity index is 430. The summed E-state index contributed by atoms with van der Waals surface area (Å²) in [6.45, 7) is 7.60. The summed E-state index contributed by atoms with van der Waals surface area (Å²) in [5.74, 6) is 0.732. The predicted octanol–water partition coefficient (Wildman–Crippen LogP) is 2.09. The lowest BCUT2D eigenvalue weighted by Crippen LogP contribution is -2.53. The molecule has 1 amide bonds. The number of amides is 1. The average Bonchev–Trinajstić information content (AvgIpc) is 2.38. The number of hydrogen-bond acceptors (Lipinski definition) is 3. The third-order valence-corrected chi connectivity index (χ3v) is 3.14. The monoisotopic (exact) mass is 263 g/mol. The van der Waals surface area contributed by atoms with E-state index in [1.807, 2.05) is 49.1 Å². The Balaban J connectivity index is 1.95. The second-order valence-corrected chi connectivity index (χ2v) is 5.44. The highest BCUT2D eigenvalue weighted by Gasteiger charge is 2.32. The maximum absolute atomic E-state index is 12.3. The van der Waals surface area contributed by atoms with Crippen molar-refractivity contribution in [1.29, 1.82) is 0 Å². The van der Waals surface area contributed by atoms with Gasteiger partial charge < -0.3 is 14.4 Å². The van der Waals surface area contributed by atoms with Crippen LogP contribution in [0.25, 0.3) is 0 Å². The van der Waals surface area contributed by atoms with Gasteiger partial charge in [-0.05, 0) is 32.9 Å². The Kier molecular flexibility index (Phi) is 4.10. The van der Waals surface area contributed by atoms with Crippen LogP contribution in [0.1, 0.15) is 20.8 Å². The van der Waals surface area contributed by atoms with Gasteiger partial charge in [0, 0.05) is 13.1 Å². The van der Waals surface area contributed by atoms with E-state index >= 15 is 0 Å². The van der Waals surface area contributed by atoms with Gasteiger partial charge in [-0.25, -0.2) is 0 Å². The fourth-order valence-electron chi connectivity index (χ4n) is 2.22. The summed E-state index contributed by atoms with van der Waals surface area (Å²) >= 11 is 0. The molecule has 4 heteroatoms. The second-order valence-electron chi connectivity index (χ2n) is 5.44. The van der Waals surface area contributed by atoms with Crippen LogP contribution < -0.4 is 4.74 Å². The van der Waals surface area contributed by atoms with E-state index in [0.29, 0.717) is 19.7 Å². The standard InChI is InChI=1S/C15H21NO3/c1-12(19-13-7-5-4-6-8-13)14(17)16-9-10-18-15(2,3)11-16/h4-8,12H,9-11H2,1-3H3. The van der Waals surface area contributed by atoms with Gasteiger partial charge in [0.15, 0.2) is 6.10 Å². The smallest absolute Gasteiger partial charge is 0.263 e. The molecule has 0 aromatic heterocycles. The van der Waals surface area contributed by atoms with Crippen molar-refractivity contribution in [2.75, 3.05) is 19.7 Å². The molecule has 0 radical (unpaired) electrons. The van der Waals surface area contributed by atoms with Gasteiger partial charge in [0.25, 0.3) is 5.91 Å². The van der Waals surface area contributed by atoms with Crippen molar-refractivity contribution < 1.29 is 14.3 Å². The van der Waals surface area contributed by atoms with Crippen LogP contribution in [0, 0.1) is 0 Å². The molecule has 0 bridgehead atoms. The van der Waals surface area contributed by atoms with Crippen molar-refractivity contribution >= 4 is 5.91 Å². The Labute approximate surface area is 114 Å². The number of nitrogens with zero attached hydrogens (tertiary/aromatic N) is 1. The van der Waals surface area contributed by atoms with Gasteiger partial charge >= 0.3 is 0 Å². The fraction of sp³-hybridized carbons (Fsp3) is 0.533. The molecule has 19 heavy (non-hydrogen) atoms. The largest absolute Gasteiger partial charge is 0.481 e. The molecule has 1 aromatic carbocycles. The van der Waals surface area contributed by atoms with E-state index in [-0.39, 0.29) is 11.5 Å². The zero-order valence-electron chi connectivity index (χ0n) is 11.8. The number of morpholine rings is 1. The van der Waals surface area contributed by atoms with E-state index in [1.54, 1.807) is 6.92 Å². The number of rotatable bonds is 3. The summed E-state index contributed by atoms with van der Waals surface area (Å²) in [7, 11) is 0. The molecule has 0 N–H and O–H groups in total. The number of carbonyl (C=O) groups is 1. The Morgan fingerprint density at radius 2 is 2.05 bits per heavy atom. The molecule has 4 nitrogen and oxygen atoms in total. The van der Waals surface area contributed by atoms with E-state index in [9.17, 15) is 4.79 Å². The minimum Gasteiger partial charge on any atom is -0.481 e. The zero-order chi connectivity index (χ0) is 13.9. The van der Waals surface area contributed by atoms with Gasteiger partial charge in [-0.2, -0.15) is 0 Å². The highest BCUT2D eigenvalue weighted by atomic mass is 16.5. The molecule has 1 aliphatic rings. The summed E-state index contributed by atoms with van der Waals surface area (Å²) in [5, 5.41) is 0. The van der Waals surface area contributed by atoms with E-state index in [4.69, 9.17) is 9.47 Å². The van der Waals surface area contributed by atoms with E-state index in [1.165, 1.54) is 0 Å². The van der Waals surface area contributed by atoms with Gasteiger partial charge in [-0.15, -0.1) is 0 Å². The molecule has 1 atom stereocenters. The second kappa shape index (κ2) is 5.61. The maximum Gasteiger partial charge on any atom is 0.263 e. The Hall–Kier alpha value is -1.55. The van der Waals surface area contributed by atoms with Crippen LogP contribution in [0.5, 0.6) is 5.75 Å². The van der Waals surface area contributed by atoms with Crippen molar-refractivity contribution in [2.24, 2.45) is 0 Å². The van der Waals surface area contributed by atoms with Crippen LogP contribution in [0.15, 0.2) is 30.3 Å². The molecule has 104 valence electrons. The van der Waals surface area contributed by atoms with Gasteiger partial charge in [-0.3, -0.25) is 4.79 Å². The topological polar surface area (TPSA) is 38.8 Å². The lowest BCUT2D eigenvalue weighted by Gasteiger charge is -2.39. The van der Waals surface area contributed by atoms with Crippen molar-refractivity contribution in [3.8, 4) is 5.75 Å². The third kappa shape index (κ3) is 3.70. The molecule has 1 saturated heterocycles. The summed E-state index contributed by atoms with van der Waals surface area (Å²) in [5.41, 5.74) is -0.277. The quantitative estimate of drug-likeness (QED) is 0.838. The summed E-state index contributed by atoms with van der Waals surface area (Å²) in [6.07, 6.45) is -0.476. The van der Waals surface area contributed by atoms with Gasteiger partial charge in [0.2, 0.25) is 0 Å². The van der Waals surface area contributed by atoms with Crippen LogP contribution >= 0.6 is 0 Å². The van der Waals surface area contributed by atoms with Crippen molar-refractivity contribution in [3.05, 3.63) is 30.3 Å². The minimum atomic E-state index is -0.476. The fourth-order valence-corrected chi connectivity index (χ4v) is 2.22.